The zero-order chi connectivity index (χ0) is 11.4. The molecule has 0 N–H and O–H groups in total. The van der Waals surface area contributed by atoms with Crippen LogP contribution in [0.25, 0.3) is 0 Å². The Morgan fingerprint density at radius 3 is 2.00 bits per heavy atom. The third-order valence-corrected chi connectivity index (χ3v) is 2.95. The maximum absolute atomic E-state index is 5.20. The van der Waals surface area contributed by atoms with Gasteiger partial charge in [-0.2, -0.15) is 4.99 Å². The Hall–Kier alpha value is -0.420. The van der Waals surface area contributed by atoms with Gasteiger partial charge in [0, 0.05) is 0 Å². The van der Waals surface area contributed by atoms with Crippen molar-refractivity contribution in [1.29, 1.82) is 0 Å². The monoisotopic (exact) mass is 351 g/mol. The molecule has 0 radical (unpaired) electrons. The molecule has 1 rings (SSSR count). The molecule has 0 aliphatic carbocycles. The van der Waals surface area contributed by atoms with Crippen LogP contribution in [0.1, 0.15) is 0 Å². The highest BCUT2D eigenvalue weighted by atomic mass is 79.9. The fourth-order valence-corrected chi connectivity index (χ4v) is 2.66. The van der Waals surface area contributed by atoms with Gasteiger partial charge in [0.05, 0.1) is 28.3 Å². The summed E-state index contributed by atoms with van der Waals surface area (Å²) in [7, 11) is 3.10. The second kappa shape index (κ2) is 5.61. The van der Waals surface area contributed by atoms with Crippen LogP contribution in [0.2, 0.25) is 0 Å². The van der Waals surface area contributed by atoms with Gasteiger partial charge in [-0.15, -0.1) is 0 Å². The SMILES string of the molecule is COc1c(Br)cc(Br)c(OC)c1N=C=S. The molecule has 0 amide bonds. The van der Waals surface area contributed by atoms with Gasteiger partial charge in [0.1, 0.15) is 0 Å². The first-order valence-electron chi connectivity index (χ1n) is 3.83. The summed E-state index contributed by atoms with van der Waals surface area (Å²) in [6, 6.07) is 1.82. The molecule has 0 unspecified atom stereocenters. The zero-order valence-corrected chi connectivity index (χ0v) is 12.0. The topological polar surface area (TPSA) is 30.8 Å². The number of hydrogen-bond donors (Lipinski definition) is 0. The molecule has 0 heterocycles. The van der Waals surface area contributed by atoms with E-state index in [4.69, 9.17) is 9.47 Å². The first kappa shape index (κ1) is 12.6. The Balaban J connectivity index is 3.57. The quantitative estimate of drug-likeness (QED) is 0.609. The van der Waals surface area contributed by atoms with Crippen LogP contribution in [0.5, 0.6) is 11.5 Å². The normalized spacial score (nSPS) is 9.33. The fraction of sp³-hybridized carbons (Fsp3) is 0.222. The minimum atomic E-state index is 0.510. The highest BCUT2D eigenvalue weighted by Gasteiger charge is 2.16. The maximum Gasteiger partial charge on any atom is 0.163 e. The number of aliphatic imine (C=N–C) groups is 1. The second-order valence-corrected chi connectivity index (χ2v) is 4.35. The predicted molar refractivity (Wildman–Crippen MR) is 69.6 cm³/mol. The fourth-order valence-electron chi connectivity index (χ4n) is 1.11. The molecule has 1 aromatic rings. The summed E-state index contributed by atoms with van der Waals surface area (Å²) in [4.78, 5) is 3.92. The molecular formula is C9H7Br2NO2S. The van der Waals surface area contributed by atoms with Crippen LogP contribution in [-0.2, 0) is 0 Å². The molecule has 15 heavy (non-hydrogen) atoms. The van der Waals surface area contributed by atoms with E-state index in [1.807, 2.05) is 6.07 Å². The second-order valence-electron chi connectivity index (χ2n) is 2.46. The Kier molecular flexibility index (Phi) is 4.73. The van der Waals surface area contributed by atoms with E-state index in [9.17, 15) is 0 Å². The number of nitrogens with zero attached hydrogens (tertiary/aromatic N) is 1. The molecule has 0 aliphatic heterocycles. The largest absolute Gasteiger partial charge is 0.493 e. The first-order chi connectivity index (χ1) is 7.15. The van der Waals surface area contributed by atoms with E-state index in [1.54, 1.807) is 14.2 Å². The molecular weight excluding hydrogens is 346 g/mol. The number of benzene rings is 1. The molecule has 6 heteroatoms. The number of isothiocyanates is 1. The highest BCUT2D eigenvalue weighted by molar-refractivity contribution is 9.11. The maximum atomic E-state index is 5.20. The average molecular weight is 353 g/mol. The molecule has 1 aromatic carbocycles. The Labute approximate surface area is 110 Å². The molecule has 80 valence electrons. The summed E-state index contributed by atoms with van der Waals surface area (Å²) in [6.45, 7) is 0. The Morgan fingerprint density at radius 2 is 1.67 bits per heavy atom. The van der Waals surface area contributed by atoms with Crippen molar-refractivity contribution in [2.75, 3.05) is 14.2 Å². The molecule has 0 aromatic heterocycles. The minimum Gasteiger partial charge on any atom is -0.493 e. The van der Waals surface area contributed by atoms with Crippen LogP contribution in [-0.4, -0.2) is 19.4 Å². The molecule has 0 saturated heterocycles. The lowest BCUT2D eigenvalue weighted by molar-refractivity contribution is 0.393. The van der Waals surface area contributed by atoms with Gasteiger partial charge in [0.25, 0.3) is 0 Å². The van der Waals surface area contributed by atoms with Crippen LogP contribution in [0.3, 0.4) is 0 Å². The summed E-state index contributed by atoms with van der Waals surface area (Å²) in [5.41, 5.74) is 0.510. The van der Waals surface area contributed by atoms with E-state index in [1.165, 1.54) is 0 Å². The third-order valence-electron chi connectivity index (χ3n) is 1.68. The summed E-state index contributed by atoms with van der Waals surface area (Å²) in [6.07, 6.45) is 0. The van der Waals surface area contributed by atoms with Crippen LogP contribution < -0.4 is 9.47 Å². The van der Waals surface area contributed by atoms with Crippen LogP contribution in [0.15, 0.2) is 20.0 Å². The van der Waals surface area contributed by atoms with Gasteiger partial charge < -0.3 is 9.47 Å². The van der Waals surface area contributed by atoms with E-state index >= 15 is 0 Å². The molecule has 0 spiro atoms. The smallest absolute Gasteiger partial charge is 0.163 e. The highest BCUT2D eigenvalue weighted by Crippen LogP contribution is 2.46. The number of ether oxygens (including phenoxy) is 2. The van der Waals surface area contributed by atoms with Gasteiger partial charge in [-0.25, -0.2) is 0 Å². The lowest BCUT2D eigenvalue weighted by Crippen LogP contribution is -1.91. The van der Waals surface area contributed by atoms with Crippen molar-refractivity contribution in [2.24, 2.45) is 4.99 Å². The van der Waals surface area contributed by atoms with Crippen molar-refractivity contribution < 1.29 is 9.47 Å². The van der Waals surface area contributed by atoms with Gasteiger partial charge in [-0.3, -0.25) is 0 Å². The van der Waals surface area contributed by atoms with E-state index in [0.717, 1.165) is 8.95 Å². The van der Waals surface area contributed by atoms with E-state index < -0.39 is 0 Å². The van der Waals surface area contributed by atoms with E-state index in [2.05, 4.69) is 54.2 Å². The average Bonchev–Trinajstić information content (AvgIpc) is 2.18. The lowest BCUT2D eigenvalue weighted by atomic mass is 10.2. The summed E-state index contributed by atoms with van der Waals surface area (Å²) < 4.78 is 11.9. The van der Waals surface area contributed by atoms with Crippen molar-refractivity contribution in [3.05, 3.63) is 15.0 Å². The lowest BCUT2D eigenvalue weighted by Gasteiger charge is -2.12. The minimum absolute atomic E-state index is 0.510. The first-order valence-corrected chi connectivity index (χ1v) is 5.83. The van der Waals surface area contributed by atoms with Gasteiger partial charge in [-0.1, -0.05) is 0 Å². The van der Waals surface area contributed by atoms with Crippen LogP contribution in [0.4, 0.5) is 5.69 Å². The molecule has 3 nitrogen and oxygen atoms in total. The number of rotatable bonds is 3. The Morgan fingerprint density at radius 1 is 1.20 bits per heavy atom. The molecule has 0 atom stereocenters. The number of thiocarbonyl (C=S) groups is 1. The van der Waals surface area contributed by atoms with Crippen molar-refractivity contribution in [3.8, 4) is 11.5 Å². The van der Waals surface area contributed by atoms with E-state index in [-0.39, 0.29) is 0 Å². The summed E-state index contributed by atoms with van der Waals surface area (Å²) >= 11 is 11.3. The van der Waals surface area contributed by atoms with Crippen molar-refractivity contribution in [2.45, 2.75) is 0 Å². The Bertz CT molecular complexity index is 402. The summed E-state index contributed by atoms with van der Waals surface area (Å²) in [5.74, 6) is 1.12. The van der Waals surface area contributed by atoms with Crippen molar-refractivity contribution >= 4 is 54.9 Å². The summed E-state index contributed by atoms with van der Waals surface area (Å²) in [5, 5.41) is 2.29. The molecule has 0 saturated carbocycles. The number of methoxy groups -OCH3 is 2. The standard InChI is InChI=1S/C9H7Br2NO2S/c1-13-8-5(10)3-6(11)9(14-2)7(8)12-4-15/h3H,1-2H3. The van der Waals surface area contributed by atoms with Gasteiger partial charge >= 0.3 is 0 Å². The third kappa shape index (κ3) is 2.58. The predicted octanol–water partition coefficient (Wildman–Crippen LogP) is 3.96. The molecule has 0 aliphatic rings. The van der Waals surface area contributed by atoms with Crippen molar-refractivity contribution in [3.63, 3.8) is 0 Å². The van der Waals surface area contributed by atoms with Crippen LogP contribution in [0, 0.1) is 0 Å². The number of halogens is 2. The van der Waals surface area contributed by atoms with Gasteiger partial charge in [-0.05, 0) is 50.1 Å². The van der Waals surface area contributed by atoms with Gasteiger partial charge in [0.2, 0.25) is 0 Å². The van der Waals surface area contributed by atoms with E-state index in [0.29, 0.717) is 17.2 Å². The zero-order valence-electron chi connectivity index (χ0n) is 8.01. The number of hydrogen-bond acceptors (Lipinski definition) is 4. The van der Waals surface area contributed by atoms with Crippen molar-refractivity contribution in [1.82, 2.24) is 0 Å². The van der Waals surface area contributed by atoms with Gasteiger partial charge in [0.15, 0.2) is 17.2 Å². The molecule has 0 bridgehead atoms. The van der Waals surface area contributed by atoms with Crippen LogP contribution >= 0.6 is 44.1 Å². The molecule has 0 fully saturated rings.